The van der Waals surface area contributed by atoms with E-state index >= 15 is 0 Å². The number of fused-ring (bicyclic) bond motifs is 1. The van der Waals surface area contributed by atoms with Gasteiger partial charge < -0.3 is 15.6 Å². The van der Waals surface area contributed by atoms with Crippen LogP contribution >= 0.6 is 0 Å². The fraction of sp³-hybridized carbons (Fsp3) is 0.478. The highest BCUT2D eigenvalue weighted by Crippen LogP contribution is 2.30. The Labute approximate surface area is 188 Å². The number of methoxy groups -OCH3 is 1. The quantitative estimate of drug-likeness (QED) is 0.395. The number of aryl methyl sites for hydroxylation is 1. The van der Waals surface area contributed by atoms with Gasteiger partial charge in [-0.3, -0.25) is 19.4 Å². The van der Waals surface area contributed by atoms with Crippen molar-refractivity contribution in [1.82, 2.24) is 14.9 Å². The van der Waals surface area contributed by atoms with Gasteiger partial charge in [-0.15, -0.1) is 0 Å². The summed E-state index contributed by atoms with van der Waals surface area (Å²) < 4.78 is 4.74. The van der Waals surface area contributed by atoms with E-state index in [2.05, 4.69) is 14.9 Å². The van der Waals surface area contributed by atoms with Crippen LogP contribution in [0.3, 0.4) is 0 Å². The number of hydrogen-bond acceptors (Lipinski definition) is 8. The van der Waals surface area contributed by atoms with Crippen LogP contribution in [0, 0.1) is 6.92 Å². The third-order valence-corrected chi connectivity index (χ3v) is 5.51. The van der Waals surface area contributed by atoms with Gasteiger partial charge in [0.1, 0.15) is 17.5 Å². The number of benzene rings is 1. The average molecular weight is 442 g/mol. The summed E-state index contributed by atoms with van der Waals surface area (Å²) in [5.74, 6) is 1.31. The first-order chi connectivity index (χ1) is 15.4. The van der Waals surface area contributed by atoms with Gasteiger partial charge in [-0.1, -0.05) is 24.3 Å². The van der Waals surface area contributed by atoms with E-state index in [1.807, 2.05) is 24.3 Å². The number of aliphatic hydroxyl groups is 1. The molecular formula is C23H31N5O4. The van der Waals surface area contributed by atoms with E-state index in [4.69, 9.17) is 10.5 Å². The standard InChI is InChI=1S/C23H31N5O4/c1-16-25-22(24)19-14-20(30)28(23(19)26-16)9-4-3-8-27(10-11-29)15-18-7-5-6-17(12-18)13-21(31)32-2/h5-7,12,29H,3-4,8-11,13-15H2,1-2H3,(H2,24,25,26). The van der Waals surface area contributed by atoms with Crippen LogP contribution in [0.15, 0.2) is 24.3 Å². The molecule has 0 unspecified atom stereocenters. The van der Waals surface area contributed by atoms with Crippen molar-refractivity contribution in [2.45, 2.75) is 39.2 Å². The first-order valence-corrected chi connectivity index (χ1v) is 10.8. The highest BCUT2D eigenvalue weighted by atomic mass is 16.5. The maximum atomic E-state index is 12.4. The van der Waals surface area contributed by atoms with Crippen molar-refractivity contribution in [3.63, 3.8) is 0 Å². The van der Waals surface area contributed by atoms with Crippen LogP contribution in [0.1, 0.15) is 35.4 Å². The van der Waals surface area contributed by atoms with Crippen molar-refractivity contribution in [3.05, 3.63) is 46.8 Å². The Morgan fingerprint density at radius 1 is 1.25 bits per heavy atom. The minimum absolute atomic E-state index is 0.00114. The normalized spacial score (nSPS) is 13.0. The number of anilines is 2. The highest BCUT2D eigenvalue weighted by molar-refractivity contribution is 6.01. The Balaban J connectivity index is 1.54. The average Bonchev–Trinajstić information content (AvgIpc) is 3.07. The Morgan fingerprint density at radius 3 is 2.78 bits per heavy atom. The molecular weight excluding hydrogens is 410 g/mol. The van der Waals surface area contributed by atoms with Crippen molar-refractivity contribution in [3.8, 4) is 0 Å². The molecule has 2 aromatic rings. The van der Waals surface area contributed by atoms with Gasteiger partial charge in [0.15, 0.2) is 0 Å². The fourth-order valence-electron chi connectivity index (χ4n) is 3.94. The molecule has 0 saturated carbocycles. The molecule has 1 aliphatic rings. The molecule has 32 heavy (non-hydrogen) atoms. The second kappa shape index (κ2) is 11.0. The highest BCUT2D eigenvalue weighted by Gasteiger charge is 2.31. The summed E-state index contributed by atoms with van der Waals surface area (Å²) in [5.41, 5.74) is 8.65. The van der Waals surface area contributed by atoms with Gasteiger partial charge in [0.05, 0.1) is 26.6 Å². The van der Waals surface area contributed by atoms with Crippen molar-refractivity contribution >= 4 is 23.5 Å². The molecule has 1 aliphatic heterocycles. The van der Waals surface area contributed by atoms with Crippen LogP contribution in [0.2, 0.25) is 0 Å². The number of aliphatic hydroxyl groups excluding tert-OH is 1. The predicted molar refractivity (Wildman–Crippen MR) is 121 cm³/mol. The zero-order chi connectivity index (χ0) is 23.1. The molecule has 1 amide bonds. The molecule has 3 rings (SSSR count). The first-order valence-electron chi connectivity index (χ1n) is 10.8. The molecule has 0 atom stereocenters. The Kier molecular flexibility index (Phi) is 8.13. The number of unbranched alkanes of at least 4 members (excludes halogenated alkanes) is 1. The molecule has 0 bridgehead atoms. The second-order valence-electron chi connectivity index (χ2n) is 7.96. The molecule has 0 radical (unpaired) electrons. The van der Waals surface area contributed by atoms with Crippen molar-refractivity contribution in [2.24, 2.45) is 0 Å². The lowest BCUT2D eigenvalue weighted by Gasteiger charge is -2.22. The van der Waals surface area contributed by atoms with Crippen LogP contribution in [0.5, 0.6) is 0 Å². The lowest BCUT2D eigenvalue weighted by Crippen LogP contribution is -2.31. The van der Waals surface area contributed by atoms with E-state index in [1.165, 1.54) is 7.11 Å². The fourth-order valence-corrected chi connectivity index (χ4v) is 3.94. The third-order valence-electron chi connectivity index (χ3n) is 5.51. The van der Waals surface area contributed by atoms with E-state index in [0.717, 1.165) is 30.5 Å². The van der Waals surface area contributed by atoms with Gasteiger partial charge in [0, 0.05) is 25.2 Å². The molecule has 1 aromatic carbocycles. The van der Waals surface area contributed by atoms with Gasteiger partial charge in [-0.05, 0) is 37.4 Å². The van der Waals surface area contributed by atoms with Crippen LogP contribution in [0.4, 0.5) is 11.6 Å². The lowest BCUT2D eigenvalue weighted by atomic mass is 10.1. The number of esters is 1. The molecule has 1 aromatic heterocycles. The maximum Gasteiger partial charge on any atom is 0.309 e. The number of nitrogens with zero attached hydrogens (tertiary/aromatic N) is 4. The molecule has 2 heterocycles. The van der Waals surface area contributed by atoms with Crippen LogP contribution < -0.4 is 10.6 Å². The summed E-state index contributed by atoms with van der Waals surface area (Å²) in [5, 5.41) is 9.46. The maximum absolute atomic E-state index is 12.4. The minimum atomic E-state index is -0.269. The van der Waals surface area contributed by atoms with Gasteiger partial charge in [-0.25, -0.2) is 9.97 Å². The summed E-state index contributed by atoms with van der Waals surface area (Å²) in [6.45, 7) is 4.41. The lowest BCUT2D eigenvalue weighted by molar-refractivity contribution is -0.139. The SMILES string of the molecule is COC(=O)Cc1cccc(CN(CCO)CCCCN2C(=O)Cc3c(N)nc(C)nc32)c1. The summed E-state index contributed by atoms with van der Waals surface area (Å²) >= 11 is 0. The van der Waals surface area contributed by atoms with Gasteiger partial charge in [0.25, 0.3) is 0 Å². The molecule has 0 fully saturated rings. The zero-order valence-corrected chi connectivity index (χ0v) is 18.7. The van der Waals surface area contributed by atoms with E-state index in [0.29, 0.717) is 42.7 Å². The molecule has 9 heteroatoms. The predicted octanol–water partition coefficient (Wildman–Crippen LogP) is 1.25. The van der Waals surface area contributed by atoms with E-state index in [-0.39, 0.29) is 31.3 Å². The number of hydrogen-bond donors (Lipinski definition) is 2. The Morgan fingerprint density at radius 2 is 2.03 bits per heavy atom. The molecule has 0 saturated heterocycles. The number of nitrogens with two attached hydrogens (primary N) is 1. The molecule has 0 spiro atoms. The summed E-state index contributed by atoms with van der Waals surface area (Å²) in [6.07, 6.45) is 2.15. The summed E-state index contributed by atoms with van der Waals surface area (Å²) in [7, 11) is 1.38. The van der Waals surface area contributed by atoms with Crippen LogP contribution in [0.25, 0.3) is 0 Å². The van der Waals surface area contributed by atoms with Crippen molar-refractivity contribution < 1.29 is 19.4 Å². The Bertz CT molecular complexity index is 965. The van der Waals surface area contributed by atoms with E-state index in [1.54, 1.807) is 11.8 Å². The van der Waals surface area contributed by atoms with Crippen LogP contribution in [-0.4, -0.2) is 65.2 Å². The van der Waals surface area contributed by atoms with Gasteiger partial charge in [0.2, 0.25) is 5.91 Å². The van der Waals surface area contributed by atoms with E-state index in [9.17, 15) is 14.7 Å². The van der Waals surface area contributed by atoms with Gasteiger partial charge in [-0.2, -0.15) is 0 Å². The summed E-state index contributed by atoms with van der Waals surface area (Å²) in [6, 6.07) is 7.83. The monoisotopic (exact) mass is 441 g/mol. The number of amides is 1. The molecule has 9 nitrogen and oxygen atoms in total. The summed E-state index contributed by atoms with van der Waals surface area (Å²) in [4.78, 5) is 36.4. The van der Waals surface area contributed by atoms with E-state index < -0.39 is 0 Å². The largest absolute Gasteiger partial charge is 0.469 e. The molecule has 3 N–H and O–H groups in total. The number of nitrogen functional groups attached to an aromatic ring is 1. The van der Waals surface area contributed by atoms with Crippen LogP contribution in [-0.2, 0) is 33.7 Å². The first kappa shape index (κ1) is 23.6. The molecule has 172 valence electrons. The number of ether oxygens (including phenoxy) is 1. The van der Waals surface area contributed by atoms with Crippen molar-refractivity contribution in [1.29, 1.82) is 0 Å². The third kappa shape index (κ3) is 6.02. The topological polar surface area (TPSA) is 122 Å². The smallest absolute Gasteiger partial charge is 0.309 e. The van der Waals surface area contributed by atoms with Gasteiger partial charge >= 0.3 is 5.97 Å². The molecule has 0 aliphatic carbocycles. The second-order valence-corrected chi connectivity index (χ2v) is 7.96. The van der Waals surface area contributed by atoms with Crippen molar-refractivity contribution in [2.75, 3.05) is 44.0 Å². The number of aromatic nitrogens is 2. The number of carbonyl (C=O) groups excluding carboxylic acids is 2. The zero-order valence-electron chi connectivity index (χ0n) is 18.7. The number of rotatable bonds is 11. The number of carbonyl (C=O) groups is 2. The Hall–Kier alpha value is -3.04. The minimum Gasteiger partial charge on any atom is -0.469 e.